The molecule has 2 aromatic rings. The average Bonchev–Trinajstić information content (AvgIpc) is 2.89. The van der Waals surface area contributed by atoms with Crippen LogP contribution in [-0.4, -0.2) is 88.7 Å². The molecule has 0 radical (unpaired) electrons. The number of carbonyl (C=O) groups is 1. The van der Waals surface area contributed by atoms with Gasteiger partial charge < -0.3 is 36.5 Å². The number of aromatic nitrogens is 3. The number of carboxylic acids is 1. The van der Waals surface area contributed by atoms with Crippen LogP contribution in [0.15, 0.2) is 18.5 Å². The summed E-state index contributed by atoms with van der Waals surface area (Å²) in [4.78, 5) is 26.7. The monoisotopic (exact) mass is 530 g/mol. The lowest BCUT2D eigenvalue weighted by Crippen LogP contribution is -2.39. The fraction of sp³-hybridized carbons (Fsp3) is 0.577. The van der Waals surface area contributed by atoms with Gasteiger partial charge in [-0.2, -0.15) is 0 Å². The van der Waals surface area contributed by atoms with E-state index in [1.165, 1.54) is 19.0 Å². The Hall–Kier alpha value is -3.38. The van der Waals surface area contributed by atoms with Crippen LogP contribution in [0.5, 0.6) is 0 Å². The van der Waals surface area contributed by atoms with Crippen LogP contribution in [0.4, 0.5) is 21.7 Å². The highest BCUT2D eigenvalue weighted by molar-refractivity contribution is 6.01. The maximum Gasteiger partial charge on any atom is 0.326 e. The van der Waals surface area contributed by atoms with E-state index < -0.39 is 18.2 Å². The van der Waals surface area contributed by atoms with Crippen molar-refractivity contribution in [3.63, 3.8) is 0 Å². The van der Waals surface area contributed by atoms with Gasteiger partial charge in [-0.25, -0.2) is 24.1 Å². The number of alkyl halides is 1. The van der Waals surface area contributed by atoms with Crippen molar-refractivity contribution in [1.29, 1.82) is 5.41 Å². The smallest absolute Gasteiger partial charge is 0.326 e. The van der Waals surface area contributed by atoms with Crippen molar-refractivity contribution in [2.75, 3.05) is 56.3 Å². The Bertz CT molecular complexity index is 1090. The van der Waals surface area contributed by atoms with Gasteiger partial charge in [0, 0.05) is 32.4 Å². The van der Waals surface area contributed by atoms with Gasteiger partial charge in [0.2, 0.25) is 0 Å². The topological polar surface area (TPSA) is 162 Å². The molecule has 2 aromatic heterocycles. The van der Waals surface area contributed by atoms with Crippen molar-refractivity contribution in [3.05, 3.63) is 35.4 Å². The second-order valence-corrected chi connectivity index (χ2v) is 9.58. The molecule has 2 atom stereocenters. The summed E-state index contributed by atoms with van der Waals surface area (Å²) in [6.45, 7) is 3.59. The summed E-state index contributed by atoms with van der Waals surface area (Å²) >= 11 is 0. The third-order valence-corrected chi connectivity index (χ3v) is 6.50. The minimum Gasteiger partial charge on any atom is -0.480 e. The number of rotatable bonds is 16. The second kappa shape index (κ2) is 14.5. The van der Waals surface area contributed by atoms with Crippen molar-refractivity contribution in [2.24, 2.45) is 0 Å². The molecule has 208 valence electrons. The summed E-state index contributed by atoms with van der Waals surface area (Å²) < 4.78 is 19.4. The standard InChI is InChI=1S/C26H39FN8O3/c1-17(28)23-22(29)25(32-16-31-23)34-21(26(36)37)10-13-35(14-19(27)15-38-2)12-4-3-7-20-9-8-18-6-5-11-30-24(18)33-20/h8-9,16,19,21,28H,3-7,10-15,29H2,1-2H3,(H,30,33)(H,36,37)(H,31,32,34)/t19-,21?/m0/s1. The summed E-state index contributed by atoms with van der Waals surface area (Å²) in [5, 5.41) is 23.8. The van der Waals surface area contributed by atoms with Gasteiger partial charge in [0.05, 0.1) is 12.3 Å². The van der Waals surface area contributed by atoms with E-state index in [2.05, 4.69) is 32.7 Å². The highest BCUT2D eigenvalue weighted by Crippen LogP contribution is 2.21. The lowest BCUT2D eigenvalue weighted by atomic mass is 10.1. The van der Waals surface area contributed by atoms with E-state index in [-0.39, 0.29) is 42.5 Å². The van der Waals surface area contributed by atoms with Crippen LogP contribution in [-0.2, 0) is 22.4 Å². The zero-order valence-electron chi connectivity index (χ0n) is 22.2. The van der Waals surface area contributed by atoms with E-state index in [0.717, 1.165) is 50.2 Å². The number of pyridine rings is 1. The quantitative estimate of drug-likeness (QED) is 0.161. The van der Waals surface area contributed by atoms with Crippen molar-refractivity contribution < 1.29 is 19.0 Å². The molecule has 1 unspecified atom stereocenters. The molecule has 3 heterocycles. The third-order valence-electron chi connectivity index (χ3n) is 6.50. The number of fused-ring (bicyclic) bond motifs is 1. The normalized spacial score (nSPS) is 14.4. The van der Waals surface area contributed by atoms with E-state index in [1.807, 2.05) is 4.90 Å². The molecule has 1 aliphatic heterocycles. The van der Waals surface area contributed by atoms with Crippen LogP contribution in [0.25, 0.3) is 0 Å². The lowest BCUT2D eigenvalue weighted by molar-refractivity contribution is -0.138. The molecule has 6 N–H and O–H groups in total. The first-order valence-electron chi connectivity index (χ1n) is 13.0. The molecule has 0 spiro atoms. The van der Waals surface area contributed by atoms with Crippen LogP contribution >= 0.6 is 0 Å². The molecule has 0 aliphatic carbocycles. The number of nitrogens with two attached hydrogens (primary N) is 1. The predicted octanol–water partition coefficient (Wildman–Crippen LogP) is 2.76. The molecule has 0 fully saturated rings. The number of carboxylic acid groups (broad SMARTS) is 1. The van der Waals surface area contributed by atoms with Crippen LogP contribution in [0.2, 0.25) is 0 Å². The molecule has 0 saturated heterocycles. The van der Waals surface area contributed by atoms with Gasteiger partial charge in [-0.1, -0.05) is 6.07 Å². The van der Waals surface area contributed by atoms with Gasteiger partial charge in [0.15, 0.2) is 5.82 Å². The van der Waals surface area contributed by atoms with Crippen LogP contribution in [0, 0.1) is 5.41 Å². The Balaban J connectivity index is 1.57. The van der Waals surface area contributed by atoms with Gasteiger partial charge in [-0.15, -0.1) is 0 Å². The number of unbranched alkanes of at least 4 members (excludes halogenated alkanes) is 1. The molecule has 11 nitrogen and oxygen atoms in total. The number of nitrogens with zero attached hydrogens (tertiary/aromatic N) is 4. The van der Waals surface area contributed by atoms with Gasteiger partial charge >= 0.3 is 5.97 Å². The molecule has 0 saturated carbocycles. The van der Waals surface area contributed by atoms with Gasteiger partial charge in [0.1, 0.15) is 35.7 Å². The Morgan fingerprint density at radius 2 is 2.16 bits per heavy atom. The van der Waals surface area contributed by atoms with Gasteiger partial charge in [-0.05, 0) is 63.6 Å². The number of halogens is 1. The maximum atomic E-state index is 14.4. The molecular formula is C26H39FN8O3. The molecule has 0 bridgehead atoms. The number of aliphatic carboxylic acids is 1. The Morgan fingerprint density at radius 1 is 1.34 bits per heavy atom. The Morgan fingerprint density at radius 3 is 2.89 bits per heavy atom. The molecule has 38 heavy (non-hydrogen) atoms. The summed E-state index contributed by atoms with van der Waals surface area (Å²) in [6, 6.07) is 3.22. The molecule has 3 rings (SSSR count). The Labute approximate surface area is 222 Å². The van der Waals surface area contributed by atoms with E-state index >= 15 is 0 Å². The first kappa shape index (κ1) is 29.2. The highest BCUT2D eigenvalue weighted by atomic mass is 19.1. The maximum absolute atomic E-state index is 14.4. The minimum absolute atomic E-state index is 0.0215. The number of hydrogen-bond acceptors (Lipinski definition) is 10. The highest BCUT2D eigenvalue weighted by Gasteiger charge is 2.23. The third kappa shape index (κ3) is 8.59. The van der Waals surface area contributed by atoms with Crippen LogP contribution < -0.4 is 16.4 Å². The summed E-state index contributed by atoms with van der Waals surface area (Å²) in [5.41, 5.74) is 8.86. The number of aryl methyl sites for hydroxylation is 2. The van der Waals surface area contributed by atoms with Crippen molar-refractivity contribution in [2.45, 2.75) is 57.7 Å². The molecule has 0 aromatic carbocycles. The van der Waals surface area contributed by atoms with Gasteiger partial charge in [0.25, 0.3) is 0 Å². The number of hydrogen-bond donors (Lipinski definition) is 5. The minimum atomic E-state index is -1.18. The second-order valence-electron chi connectivity index (χ2n) is 9.58. The van der Waals surface area contributed by atoms with Crippen LogP contribution in [0.1, 0.15) is 49.6 Å². The fourth-order valence-corrected chi connectivity index (χ4v) is 4.50. The zero-order chi connectivity index (χ0) is 27.5. The Kier molecular flexibility index (Phi) is 11.2. The number of ether oxygens (including phenoxy) is 1. The zero-order valence-corrected chi connectivity index (χ0v) is 22.2. The molecule has 0 amide bonds. The molecule has 12 heteroatoms. The predicted molar refractivity (Wildman–Crippen MR) is 146 cm³/mol. The first-order valence-corrected chi connectivity index (χ1v) is 13.0. The number of methoxy groups -OCH3 is 1. The number of anilines is 3. The largest absolute Gasteiger partial charge is 0.480 e. The van der Waals surface area contributed by atoms with Crippen molar-refractivity contribution >= 4 is 29.0 Å². The SMILES string of the molecule is COC[C@@H](F)CN(CCCCc1ccc2c(n1)NCCC2)CCC(Nc1ncnc(C(C)=N)c1N)C(=O)O. The van der Waals surface area contributed by atoms with Crippen molar-refractivity contribution in [1.82, 2.24) is 19.9 Å². The molecule has 1 aliphatic rings. The number of nitrogen functional groups attached to an aromatic ring is 1. The lowest BCUT2D eigenvalue weighted by Gasteiger charge is -2.26. The van der Waals surface area contributed by atoms with Crippen LogP contribution in [0.3, 0.4) is 0 Å². The van der Waals surface area contributed by atoms with E-state index in [4.69, 9.17) is 20.9 Å². The van der Waals surface area contributed by atoms with Crippen molar-refractivity contribution in [3.8, 4) is 0 Å². The van der Waals surface area contributed by atoms with E-state index in [0.29, 0.717) is 13.1 Å². The fourth-order valence-electron chi connectivity index (χ4n) is 4.50. The van der Waals surface area contributed by atoms with E-state index in [9.17, 15) is 14.3 Å². The number of nitrogens with one attached hydrogen (secondary N) is 3. The average molecular weight is 531 g/mol. The summed E-state index contributed by atoms with van der Waals surface area (Å²) in [6.07, 6.45) is 4.96. The first-order chi connectivity index (χ1) is 18.3. The van der Waals surface area contributed by atoms with Gasteiger partial charge in [-0.3, -0.25) is 0 Å². The van der Waals surface area contributed by atoms with E-state index in [1.54, 1.807) is 6.92 Å². The molecular weight excluding hydrogens is 491 g/mol. The summed E-state index contributed by atoms with van der Waals surface area (Å²) in [5.74, 6) is 0.0712. The summed E-state index contributed by atoms with van der Waals surface area (Å²) in [7, 11) is 1.46.